The molecule has 2 heterocycles. The van der Waals surface area contributed by atoms with Crippen molar-refractivity contribution in [2.75, 3.05) is 18.4 Å². The standard InChI is InChI=1S/C25H26ClN3O3/c1-16-11-13-28(14-12-16)23-22(19-5-9-21(10-6-19)27-17(2)30)24(31)29(25(23)32)15-18-3-7-20(26)8-4-18/h3-10,16H,11-15H2,1-2H3,(H,27,30). The Morgan fingerprint density at radius 3 is 2.22 bits per heavy atom. The Bertz CT molecular complexity index is 1070. The molecule has 3 amide bonds. The van der Waals surface area contributed by atoms with Gasteiger partial charge < -0.3 is 10.2 Å². The number of carbonyl (C=O) groups is 3. The van der Waals surface area contributed by atoms with Gasteiger partial charge in [-0.1, -0.05) is 42.8 Å². The summed E-state index contributed by atoms with van der Waals surface area (Å²) in [6, 6.07) is 14.2. The van der Waals surface area contributed by atoms with E-state index in [1.165, 1.54) is 11.8 Å². The maximum atomic E-state index is 13.5. The van der Waals surface area contributed by atoms with Crippen molar-refractivity contribution in [3.63, 3.8) is 0 Å². The second kappa shape index (κ2) is 9.17. The number of halogens is 1. The van der Waals surface area contributed by atoms with Crippen LogP contribution in [0.4, 0.5) is 5.69 Å². The largest absolute Gasteiger partial charge is 0.366 e. The summed E-state index contributed by atoms with van der Waals surface area (Å²) in [6.45, 7) is 5.34. The van der Waals surface area contributed by atoms with E-state index >= 15 is 0 Å². The Balaban J connectivity index is 1.69. The van der Waals surface area contributed by atoms with Gasteiger partial charge in [-0.2, -0.15) is 0 Å². The third kappa shape index (κ3) is 4.55. The van der Waals surface area contributed by atoms with Gasteiger partial charge in [-0.15, -0.1) is 0 Å². The van der Waals surface area contributed by atoms with Crippen molar-refractivity contribution in [2.45, 2.75) is 33.2 Å². The van der Waals surface area contributed by atoms with Crippen molar-refractivity contribution in [3.8, 4) is 0 Å². The van der Waals surface area contributed by atoms with Gasteiger partial charge in [0, 0.05) is 30.7 Å². The van der Waals surface area contributed by atoms with Gasteiger partial charge in [0.05, 0.1) is 12.1 Å². The summed E-state index contributed by atoms with van der Waals surface area (Å²) in [5.74, 6) is -0.128. The first-order valence-corrected chi connectivity index (χ1v) is 11.2. The fourth-order valence-electron chi connectivity index (χ4n) is 4.19. The third-order valence-electron chi connectivity index (χ3n) is 5.99. The molecule has 4 rings (SSSR count). The molecular weight excluding hydrogens is 426 g/mol. The molecule has 2 aromatic rings. The van der Waals surface area contributed by atoms with E-state index in [0.717, 1.165) is 31.5 Å². The number of nitrogens with one attached hydrogen (secondary N) is 1. The van der Waals surface area contributed by atoms with Crippen LogP contribution < -0.4 is 5.32 Å². The maximum absolute atomic E-state index is 13.5. The van der Waals surface area contributed by atoms with Gasteiger partial charge in [0.1, 0.15) is 5.70 Å². The molecule has 1 saturated heterocycles. The van der Waals surface area contributed by atoms with Gasteiger partial charge in [-0.25, -0.2) is 0 Å². The van der Waals surface area contributed by atoms with Crippen molar-refractivity contribution in [3.05, 3.63) is 70.4 Å². The first-order valence-electron chi connectivity index (χ1n) is 10.8. The van der Waals surface area contributed by atoms with E-state index < -0.39 is 0 Å². The molecule has 0 bridgehead atoms. The minimum atomic E-state index is -0.300. The van der Waals surface area contributed by atoms with Crippen LogP contribution in [-0.4, -0.2) is 40.6 Å². The Morgan fingerprint density at radius 1 is 1.00 bits per heavy atom. The Labute approximate surface area is 192 Å². The van der Waals surface area contributed by atoms with Crippen LogP contribution >= 0.6 is 11.6 Å². The summed E-state index contributed by atoms with van der Waals surface area (Å²) in [5.41, 5.74) is 3.05. The lowest BCUT2D eigenvalue weighted by molar-refractivity contribution is -0.138. The number of benzene rings is 2. The number of hydrogen-bond acceptors (Lipinski definition) is 4. The summed E-state index contributed by atoms with van der Waals surface area (Å²) in [7, 11) is 0. The lowest BCUT2D eigenvalue weighted by Gasteiger charge is -2.32. The van der Waals surface area contributed by atoms with Crippen LogP contribution in [0.15, 0.2) is 54.2 Å². The van der Waals surface area contributed by atoms with Crippen molar-refractivity contribution >= 4 is 40.6 Å². The van der Waals surface area contributed by atoms with Crippen LogP contribution in [0.2, 0.25) is 5.02 Å². The number of carbonyl (C=O) groups excluding carboxylic acids is 3. The van der Waals surface area contributed by atoms with E-state index in [1.807, 2.05) is 12.1 Å². The predicted octanol–water partition coefficient (Wildman–Crippen LogP) is 4.31. The van der Waals surface area contributed by atoms with Gasteiger partial charge >= 0.3 is 0 Å². The van der Waals surface area contributed by atoms with Crippen LogP contribution in [-0.2, 0) is 20.9 Å². The molecule has 166 valence electrons. The fourth-order valence-corrected chi connectivity index (χ4v) is 4.31. The third-order valence-corrected chi connectivity index (χ3v) is 6.24. The number of amides is 3. The number of nitrogens with zero attached hydrogens (tertiary/aromatic N) is 2. The summed E-state index contributed by atoms with van der Waals surface area (Å²) in [4.78, 5) is 41.7. The molecule has 2 aliphatic rings. The Kier molecular flexibility index (Phi) is 6.33. The van der Waals surface area contributed by atoms with E-state index in [9.17, 15) is 14.4 Å². The van der Waals surface area contributed by atoms with Gasteiger partial charge in [0.2, 0.25) is 5.91 Å². The zero-order chi connectivity index (χ0) is 22.8. The number of piperidine rings is 1. The molecule has 1 N–H and O–H groups in total. The molecule has 7 heteroatoms. The fraction of sp³-hybridized carbons (Fsp3) is 0.320. The molecular formula is C25H26ClN3O3. The molecule has 0 radical (unpaired) electrons. The monoisotopic (exact) mass is 451 g/mol. The van der Waals surface area contributed by atoms with Crippen molar-refractivity contribution in [2.24, 2.45) is 5.92 Å². The molecule has 0 spiro atoms. The van der Waals surface area contributed by atoms with Crippen LogP contribution in [0.25, 0.3) is 5.57 Å². The highest BCUT2D eigenvalue weighted by Gasteiger charge is 2.42. The number of likely N-dealkylation sites (tertiary alicyclic amines) is 1. The van der Waals surface area contributed by atoms with E-state index in [0.29, 0.717) is 33.5 Å². The quantitative estimate of drug-likeness (QED) is 0.688. The highest BCUT2D eigenvalue weighted by atomic mass is 35.5. The predicted molar refractivity (Wildman–Crippen MR) is 125 cm³/mol. The molecule has 0 atom stereocenters. The lowest BCUT2D eigenvalue weighted by atomic mass is 9.97. The molecule has 0 aliphatic carbocycles. The summed E-state index contributed by atoms with van der Waals surface area (Å²) in [5, 5.41) is 3.34. The number of rotatable bonds is 5. The van der Waals surface area contributed by atoms with Crippen LogP contribution in [0.5, 0.6) is 0 Å². The smallest absolute Gasteiger partial charge is 0.278 e. The normalized spacial score (nSPS) is 17.3. The molecule has 32 heavy (non-hydrogen) atoms. The molecule has 0 unspecified atom stereocenters. The highest BCUT2D eigenvalue weighted by molar-refractivity contribution is 6.35. The van der Waals surface area contributed by atoms with E-state index in [-0.39, 0.29) is 24.3 Å². The van der Waals surface area contributed by atoms with E-state index in [1.54, 1.807) is 36.4 Å². The van der Waals surface area contributed by atoms with Crippen molar-refractivity contribution < 1.29 is 14.4 Å². The summed E-state index contributed by atoms with van der Waals surface area (Å²) in [6.07, 6.45) is 1.97. The number of hydrogen-bond donors (Lipinski definition) is 1. The lowest BCUT2D eigenvalue weighted by Crippen LogP contribution is -2.38. The average molecular weight is 452 g/mol. The Hall–Kier alpha value is -3.12. The van der Waals surface area contributed by atoms with Crippen molar-refractivity contribution in [1.29, 1.82) is 0 Å². The first kappa shape index (κ1) is 22.1. The average Bonchev–Trinajstić information content (AvgIpc) is 3.01. The molecule has 2 aliphatic heterocycles. The second-order valence-electron chi connectivity index (χ2n) is 8.47. The molecule has 1 fully saturated rings. The van der Waals surface area contributed by atoms with Gasteiger partial charge in [-0.3, -0.25) is 19.3 Å². The number of anilines is 1. The topological polar surface area (TPSA) is 69.7 Å². The van der Waals surface area contributed by atoms with Crippen LogP contribution in [0, 0.1) is 5.92 Å². The molecule has 6 nitrogen and oxygen atoms in total. The zero-order valence-corrected chi connectivity index (χ0v) is 19.0. The van der Waals surface area contributed by atoms with E-state index in [4.69, 9.17) is 11.6 Å². The molecule has 2 aromatic carbocycles. The first-order chi connectivity index (χ1) is 15.3. The van der Waals surface area contributed by atoms with Crippen molar-refractivity contribution in [1.82, 2.24) is 9.80 Å². The molecule has 0 aromatic heterocycles. The number of imide groups is 1. The highest BCUT2D eigenvalue weighted by Crippen LogP contribution is 2.35. The van der Waals surface area contributed by atoms with Crippen LogP contribution in [0.1, 0.15) is 37.8 Å². The summed E-state index contributed by atoms with van der Waals surface area (Å²) < 4.78 is 0. The second-order valence-corrected chi connectivity index (χ2v) is 8.91. The Morgan fingerprint density at radius 2 is 1.62 bits per heavy atom. The minimum absolute atomic E-state index is 0.165. The zero-order valence-electron chi connectivity index (χ0n) is 18.2. The van der Waals surface area contributed by atoms with Gasteiger partial charge in [0.25, 0.3) is 11.8 Å². The minimum Gasteiger partial charge on any atom is -0.366 e. The van der Waals surface area contributed by atoms with E-state index in [2.05, 4.69) is 17.1 Å². The van der Waals surface area contributed by atoms with Gasteiger partial charge in [0.15, 0.2) is 0 Å². The van der Waals surface area contributed by atoms with Gasteiger partial charge in [-0.05, 0) is 54.2 Å². The van der Waals surface area contributed by atoms with Crippen LogP contribution in [0.3, 0.4) is 0 Å². The SMILES string of the molecule is CC(=O)Nc1ccc(C2=C(N3CCC(C)CC3)C(=O)N(Cc3ccc(Cl)cc3)C2=O)cc1. The molecule has 0 saturated carbocycles. The summed E-state index contributed by atoms with van der Waals surface area (Å²) >= 11 is 5.98. The maximum Gasteiger partial charge on any atom is 0.278 e.